The first-order valence-corrected chi connectivity index (χ1v) is 6.69. The van der Waals surface area contributed by atoms with E-state index >= 15 is 0 Å². The van der Waals surface area contributed by atoms with E-state index in [4.69, 9.17) is 9.47 Å². The standard InChI is InChI=1S/C16H15N3O3/c1-21-10-7-8-13(14(9-10)22-2)18-16-17-12-6-4-3-5-11(12)15(20)19-16/h3-9H,1-2H3,(H2,17,18,19,20). The maximum Gasteiger partial charge on any atom is 0.260 e. The van der Waals surface area contributed by atoms with Crippen molar-refractivity contribution in [3.05, 3.63) is 52.8 Å². The molecule has 0 aliphatic heterocycles. The maximum atomic E-state index is 12.1. The maximum absolute atomic E-state index is 12.1. The van der Waals surface area contributed by atoms with Gasteiger partial charge in [-0.15, -0.1) is 0 Å². The summed E-state index contributed by atoms with van der Waals surface area (Å²) in [5.74, 6) is 1.63. The van der Waals surface area contributed by atoms with Crippen LogP contribution in [0, 0.1) is 0 Å². The molecule has 0 aliphatic carbocycles. The van der Waals surface area contributed by atoms with E-state index < -0.39 is 0 Å². The normalized spacial score (nSPS) is 10.5. The fourth-order valence-corrected chi connectivity index (χ4v) is 2.17. The average molecular weight is 297 g/mol. The average Bonchev–Trinajstić information content (AvgIpc) is 2.55. The summed E-state index contributed by atoms with van der Waals surface area (Å²) in [5.41, 5.74) is 1.11. The number of aromatic amines is 1. The lowest BCUT2D eigenvalue weighted by Gasteiger charge is -2.12. The zero-order valence-corrected chi connectivity index (χ0v) is 12.2. The van der Waals surface area contributed by atoms with Crippen molar-refractivity contribution in [3.8, 4) is 11.5 Å². The van der Waals surface area contributed by atoms with E-state index in [1.54, 1.807) is 50.6 Å². The molecule has 6 nitrogen and oxygen atoms in total. The second-order valence-corrected chi connectivity index (χ2v) is 4.62. The number of nitrogens with one attached hydrogen (secondary N) is 2. The van der Waals surface area contributed by atoms with E-state index in [1.165, 1.54) is 0 Å². The Balaban J connectivity index is 2.01. The van der Waals surface area contributed by atoms with Gasteiger partial charge in [0, 0.05) is 6.07 Å². The van der Waals surface area contributed by atoms with Gasteiger partial charge in [0.25, 0.3) is 5.56 Å². The summed E-state index contributed by atoms with van der Waals surface area (Å²) in [6.45, 7) is 0. The predicted molar refractivity (Wildman–Crippen MR) is 85.2 cm³/mol. The monoisotopic (exact) mass is 297 g/mol. The summed E-state index contributed by atoms with van der Waals surface area (Å²) in [4.78, 5) is 19.2. The lowest BCUT2D eigenvalue weighted by Crippen LogP contribution is -2.11. The van der Waals surface area contributed by atoms with Crippen LogP contribution >= 0.6 is 0 Å². The smallest absolute Gasteiger partial charge is 0.260 e. The summed E-state index contributed by atoms with van der Waals surface area (Å²) in [5, 5.41) is 3.61. The fraction of sp³-hybridized carbons (Fsp3) is 0.125. The molecule has 0 unspecified atom stereocenters. The number of hydrogen-bond donors (Lipinski definition) is 2. The lowest BCUT2D eigenvalue weighted by molar-refractivity contribution is 0.395. The molecule has 0 bridgehead atoms. The summed E-state index contributed by atoms with van der Waals surface area (Å²) in [6, 6.07) is 12.5. The third-order valence-electron chi connectivity index (χ3n) is 3.27. The molecule has 0 saturated heterocycles. The number of anilines is 2. The van der Waals surface area contributed by atoms with Gasteiger partial charge in [-0.3, -0.25) is 9.78 Å². The SMILES string of the molecule is COc1ccc(Nc2nc3ccccc3c(=O)[nH]2)c(OC)c1. The molecule has 1 heterocycles. The molecule has 2 N–H and O–H groups in total. The molecule has 0 spiro atoms. The first-order valence-electron chi connectivity index (χ1n) is 6.69. The minimum absolute atomic E-state index is 0.194. The minimum atomic E-state index is -0.194. The highest BCUT2D eigenvalue weighted by Crippen LogP contribution is 2.30. The number of methoxy groups -OCH3 is 2. The van der Waals surface area contributed by atoms with E-state index in [0.717, 1.165) is 0 Å². The fourth-order valence-electron chi connectivity index (χ4n) is 2.17. The number of H-pyrrole nitrogens is 1. The Morgan fingerprint density at radius 2 is 1.91 bits per heavy atom. The van der Waals surface area contributed by atoms with Gasteiger partial charge < -0.3 is 14.8 Å². The molecular formula is C16H15N3O3. The van der Waals surface area contributed by atoms with Gasteiger partial charge in [0.05, 0.1) is 30.8 Å². The molecule has 3 rings (SSSR count). The number of fused-ring (bicyclic) bond motifs is 1. The number of ether oxygens (including phenoxy) is 2. The number of benzene rings is 2. The van der Waals surface area contributed by atoms with E-state index in [-0.39, 0.29) is 5.56 Å². The molecule has 22 heavy (non-hydrogen) atoms. The van der Waals surface area contributed by atoms with Crippen LogP contribution < -0.4 is 20.3 Å². The molecule has 0 atom stereocenters. The van der Waals surface area contributed by atoms with E-state index in [1.807, 2.05) is 6.07 Å². The molecule has 3 aromatic rings. The van der Waals surface area contributed by atoms with Crippen molar-refractivity contribution < 1.29 is 9.47 Å². The van der Waals surface area contributed by atoms with Gasteiger partial charge in [0.15, 0.2) is 0 Å². The third-order valence-corrected chi connectivity index (χ3v) is 3.27. The van der Waals surface area contributed by atoms with Gasteiger partial charge in [0.2, 0.25) is 5.95 Å². The van der Waals surface area contributed by atoms with Crippen LogP contribution in [0.3, 0.4) is 0 Å². The van der Waals surface area contributed by atoms with Crippen LogP contribution in [-0.4, -0.2) is 24.2 Å². The molecule has 1 aromatic heterocycles. The second-order valence-electron chi connectivity index (χ2n) is 4.62. The third kappa shape index (κ3) is 2.58. The molecule has 0 fully saturated rings. The number of rotatable bonds is 4. The van der Waals surface area contributed by atoms with Gasteiger partial charge in [-0.25, -0.2) is 4.98 Å². The van der Waals surface area contributed by atoms with Crippen molar-refractivity contribution in [1.29, 1.82) is 0 Å². The number of nitrogens with zero attached hydrogens (tertiary/aromatic N) is 1. The van der Waals surface area contributed by atoms with Crippen LogP contribution in [0.25, 0.3) is 10.9 Å². The highest BCUT2D eigenvalue weighted by atomic mass is 16.5. The number of hydrogen-bond acceptors (Lipinski definition) is 5. The van der Waals surface area contributed by atoms with Crippen LogP contribution in [0.4, 0.5) is 11.6 Å². The Kier molecular flexibility index (Phi) is 3.65. The van der Waals surface area contributed by atoms with Gasteiger partial charge in [0.1, 0.15) is 11.5 Å². The Morgan fingerprint density at radius 1 is 1.09 bits per heavy atom. The Bertz CT molecular complexity index is 874. The van der Waals surface area contributed by atoms with Gasteiger partial charge in [-0.1, -0.05) is 12.1 Å². The minimum Gasteiger partial charge on any atom is -0.497 e. The Morgan fingerprint density at radius 3 is 2.68 bits per heavy atom. The van der Waals surface area contributed by atoms with Crippen molar-refractivity contribution in [2.24, 2.45) is 0 Å². The zero-order valence-electron chi connectivity index (χ0n) is 12.2. The number of aromatic nitrogens is 2. The quantitative estimate of drug-likeness (QED) is 0.774. The van der Waals surface area contributed by atoms with E-state index in [0.29, 0.717) is 34.0 Å². The Labute approximate surface area is 126 Å². The van der Waals surface area contributed by atoms with Crippen molar-refractivity contribution in [3.63, 3.8) is 0 Å². The van der Waals surface area contributed by atoms with Crippen LogP contribution in [0.15, 0.2) is 47.3 Å². The van der Waals surface area contributed by atoms with E-state index in [9.17, 15) is 4.79 Å². The lowest BCUT2D eigenvalue weighted by atomic mass is 10.2. The summed E-state index contributed by atoms with van der Waals surface area (Å²) < 4.78 is 10.5. The first-order chi connectivity index (χ1) is 10.7. The Hall–Kier alpha value is -3.02. The van der Waals surface area contributed by atoms with Crippen LogP contribution in [0.1, 0.15) is 0 Å². The highest BCUT2D eigenvalue weighted by molar-refractivity contribution is 5.79. The molecular weight excluding hydrogens is 282 g/mol. The van der Waals surface area contributed by atoms with Crippen LogP contribution in [-0.2, 0) is 0 Å². The largest absolute Gasteiger partial charge is 0.497 e. The van der Waals surface area contributed by atoms with E-state index in [2.05, 4.69) is 15.3 Å². The summed E-state index contributed by atoms with van der Waals surface area (Å²) in [7, 11) is 3.15. The summed E-state index contributed by atoms with van der Waals surface area (Å²) >= 11 is 0. The predicted octanol–water partition coefficient (Wildman–Crippen LogP) is 2.68. The van der Waals surface area contributed by atoms with Gasteiger partial charge in [-0.05, 0) is 24.3 Å². The van der Waals surface area contributed by atoms with Crippen molar-refractivity contribution in [1.82, 2.24) is 9.97 Å². The topological polar surface area (TPSA) is 76.2 Å². The van der Waals surface area contributed by atoms with Crippen molar-refractivity contribution in [2.75, 3.05) is 19.5 Å². The second kappa shape index (κ2) is 5.77. The van der Waals surface area contributed by atoms with Crippen molar-refractivity contribution in [2.45, 2.75) is 0 Å². The number of para-hydroxylation sites is 1. The van der Waals surface area contributed by atoms with Crippen LogP contribution in [0.2, 0.25) is 0 Å². The van der Waals surface area contributed by atoms with Crippen molar-refractivity contribution >= 4 is 22.5 Å². The molecule has 0 aliphatic rings. The molecule has 0 amide bonds. The first kappa shape index (κ1) is 13.9. The van der Waals surface area contributed by atoms with Crippen LogP contribution in [0.5, 0.6) is 11.5 Å². The molecule has 0 saturated carbocycles. The molecule has 2 aromatic carbocycles. The van der Waals surface area contributed by atoms with Gasteiger partial charge in [-0.2, -0.15) is 0 Å². The molecule has 6 heteroatoms. The summed E-state index contributed by atoms with van der Waals surface area (Å²) in [6.07, 6.45) is 0. The highest BCUT2D eigenvalue weighted by Gasteiger charge is 2.08. The molecule has 112 valence electrons. The van der Waals surface area contributed by atoms with Gasteiger partial charge >= 0.3 is 0 Å². The zero-order chi connectivity index (χ0) is 15.5. The molecule has 0 radical (unpaired) electrons.